The number of aromatic nitrogens is 1. The molecule has 2 N–H and O–H groups in total. The van der Waals surface area contributed by atoms with Gasteiger partial charge in [-0.25, -0.2) is 14.6 Å². The van der Waals surface area contributed by atoms with Crippen LogP contribution in [0.5, 0.6) is 5.88 Å². The summed E-state index contributed by atoms with van der Waals surface area (Å²) in [5, 5.41) is 12.8. The van der Waals surface area contributed by atoms with E-state index in [2.05, 4.69) is 41.7 Å². The maximum Gasteiger partial charge on any atom is 0.407 e. The second-order valence-electron chi connectivity index (χ2n) is 12.8. The van der Waals surface area contributed by atoms with Crippen molar-refractivity contribution in [2.45, 2.75) is 56.6 Å². The van der Waals surface area contributed by atoms with Crippen LogP contribution in [-0.4, -0.2) is 45.7 Å². The van der Waals surface area contributed by atoms with Crippen molar-refractivity contribution in [1.29, 1.82) is 0 Å². The van der Waals surface area contributed by atoms with Crippen LogP contribution in [0, 0.1) is 0 Å². The molecule has 2 atom stereocenters. The number of aliphatic carboxylic acids is 1. The molecular formula is C41H42N2O5S. The largest absolute Gasteiger partial charge is 0.479 e. The Morgan fingerprint density at radius 2 is 1.24 bits per heavy atom. The van der Waals surface area contributed by atoms with Gasteiger partial charge in [0.25, 0.3) is 0 Å². The minimum Gasteiger partial charge on any atom is -0.479 e. The number of amides is 1. The summed E-state index contributed by atoms with van der Waals surface area (Å²) in [4.78, 5) is 29.9. The number of hydrogen-bond donors (Lipinski definition) is 2. The molecule has 1 aromatic heterocycles. The van der Waals surface area contributed by atoms with E-state index in [9.17, 15) is 14.7 Å². The first-order valence-electron chi connectivity index (χ1n) is 16.3. The standard InChI is InChI=1S/C41H42N2O5S/c1-29(38(44)45)47-37-31(25-26-36(43-37)30-17-9-5-10-18-30)27-35(42-39(46)48-40(2,3)4)28-49-41(32-19-11-6-12-20-32,33-21-13-7-14-22-33)34-23-15-8-16-24-34/h5-26,29,35H,27-28H2,1-4H3,(H,42,46)(H,44,45)/t29-,35?/m1/s1. The van der Waals surface area contributed by atoms with Crippen LogP contribution in [0.4, 0.5) is 4.79 Å². The van der Waals surface area contributed by atoms with Gasteiger partial charge in [-0.15, -0.1) is 11.8 Å². The zero-order valence-corrected chi connectivity index (χ0v) is 29.0. The van der Waals surface area contributed by atoms with Crippen molar-refractivity contribution in [2.75, 3.05) is 5.75 Å². The zero-order chi connectivity index (χ0) is 34.9. The van der Waals surface area contributed by atoms with Gasteiger partial charge in [0.2, 0.25) is 5.88 Å². The molecule has 1 amide bonds. The van der Waals surface area contributed by atoms with E-state index in [1.165, 1.54) is 6.92 Å². The Balaban J connectivity index is 1.57. The maximum absolute atomic E-state index is 13.3. The monoisotopic (exact) mass is 674 g/mol. The Kier molecular flexibility index (Phi) is 11.4. The number of thioether (sulfide) groups is 1. The minimum atomic E-state index is -1.13. The number of nitrogens with zero attached hydrogens (tertiary/aromatic N) is 1. The van der Waals surface area contributed by atoms with Gasteiger partial charge in [0.1, 0.15) is 5.60 Å². The van der Waals surface area contributed by atoms with Crippen molar-refractivity contribution in [3.05, 3.63) is 156 Å². The predicted molar refractivity (Wildman–Crippen MR) is 196 cm³/mol. The number of carboxylic acid groups (broad SMARTS) is 1. The molecule has 252 valence electrons. The summed E-state index contributed by atoms with van der Waals surface area (Å²) in [6, 6.07) is 44.0. The van der Waals surface area contributed by atoms with Gasteiger partial charge in [-0.2, -0.15) is 0 Å². The number of ether oxygens (including phenoxy) is 2. The van der Waals surface area contributed by atoms with E-state index in [0.717, 1.165) is 22.3 Å². The van der Waals surface area contributed by atoms with Crippen LogP contribution in [0.25, 0.3) is 11.3 Å². The Bertz CT molecular complexity index is 1720. The van der Waals surface area contributed by atoms with Crippen molar-refractivity contribution in [3.8, 4) is 17.1 Å². The third-order valence-corrected chi connectivity index (χ3v) is 9.58. The van der Waals surface area contributed by atoms with Gasteiger partial charge in [-0.05, 0) is 56.9 Å². The lowest BCUT2D eigenvalue weighted by molar-refractivity contribution is -0.144. The molecular weight excluding hydrogens is 633 g/mol. The fourth-order valence-corrected chi connectivity index (χ4v) is 7.16. The van der Waals surface area contributed by atoms with Gasteiger partial charge in [0, 0.05) is 22.9 Å². The second-order valence-corrected chi connectivity index (χ2v) is 14.0. The summed E-state index contributed by atoms with van der Waals surface area (Å²) < 4.78 is 11.0. The fraction of sp³-hybridized carbons (Fsp3) is 0.244. The summed E-state index contributed by atoms with van der Waals surface area (Å²) in [5.74, 6) is -0.431. The van der Waals surface area contributed by atoms with Crippen LogP contribution in [0.2, 0.25) is 0 Å². The van der Waals surface area contributed by atoms with Crippen molar-refractivity contribution in [3.63, 3.8) is 0 Å². The molecule has 0 aliphatic carbocycles. The average molecular weight is 675 g/mol. The average Bonchev–Trinajstić information content (AvgIpc) is 3.10. The molecule has 8 heteroatoms. The lowest BCUT2D eigenvalue weighted by atomic mass is 9.84. The highest BCUT2D eigenvalue weighted by molar-refractivity contribution is 8.00. The number of pyridine rings is 1. The Morgan fingerprint density at radius 1 is 0.755 bits per heavy atom. The third kappa shape index (κ3) is 9.09. The van der Waals surface area contributed by atoms with Crippen LogP contribution < -0.4 is 10.1 Å². The normalized spacial score (nSPS) is 12.8. The van der Waals surface area contributed by atoms with E-state index in [1.807, 2.05) is 118 Å². The van der Waals surface area contributed by atoms with Crippen molar-refractivity contribution >= 4 is 23.8 Å². The molecule has 49 heavy (non-hydrogen) atoms. The number of benzene rings is 4. The van der Waals surface area contributed by atoms with E-state index in [4.69, 9.17) is 14.5 Å². The molecule has 0 aliphatic heterocycles. The number of alkyl carbamates (subject to hydrolysis) is 1. The van der Waals surface area contributed by atoms with Crippen LogP contribution in [0.3, 0.4) is 0 Å². The first kappa shape index (κ1) is 35.2. The second kappa shape index (κ2) is 15.9. The lowest BCUT2D eigenvalue weighted by Gasteiger charge is -2.37. The summed E-state index contributed by atoms with van der Waals surface area (Å²) >= 11 is 1.71. The molecule has 1 heterocycles. The molecule has 0 saturated carbocycles. The van der Waals surface area contributed by atoms with E-state index in [0.29, 0.717) is 23.4 Å². The quantitative estimate of drug-likeness (QED) is 0.121. The molecule has 0 bridgehead atoms. The number of carboxylic acids is 1. The highest BCUT2D eigenvalue weighted by atomic mass is 32.2. The molecule has 1 unspecified atom stereocenters. The van der Waals surface area contributed by atoms with E-state index < -0.39 is 34.6 Å². The highest BCUT2D eigenvalue weighted by Crippen LogP contribution is 2.48. The molecule has 4 aromatic carbocycles. The molecule has 5 aromatic rings. The van der Waals surface area contributed by atoms with Gasteiger partial charge in [-0.3, -0.25) is 0 Å². The number of nitrogens with one attached hydrogen (secondary N) is 1. The topological polar surface area (TPSA) is 97.8 Å². The smallest absolute Gasteiger partial charge is 0.407 e. The maximum atomic E-state index is 13.3. The highest BCUT2D eigenvalue weighted by Gasteiger charge is 2.38. The summed E-state index contributed by atoms with van der Waals surface area (Å²) in [7, 11) is 0. The predicted octanol–water partition coefficient (Wildman–Crippen LogP) is 8.76. The van der Waals surface area contributed by atoms with Gasteiger partial charge in [0.15, 0.2) is 6.10 Å². The molecule has 0 aliphatic rings. The van der Waals surface area contributed by atoms with E-state index in [1.54, 1.807) is 11.8 Å². The molecule has 5 rings (SSSR count). The van der Waals surface area contributed by atoms with Gasteiger partial charge in [-0.1, -0.05) is 127 Å². The van der Waals surface area contributed by atoms with Crippen LogP contribution in [0.1, 0.15) is 49.9 Å². The Hall–Kier alpha value is -5.08. The third-order valence-electron chi connectivity index (χ3n) is 7.87. The fourth-order valence-electron chi connectivity index (χ4n) is 5.60. The van der Waals surface area contributed by atoms with Crippen molar-refractivity contribution in [1.82, 2.24) is 10.3 Å². The minimum absolute atomic E-state index is 0.206. The van der Waals surface area contributed by atoms with Crippen LogP contribution >= 0.6 is 11.8 Å². The first-order chi connectivity index (χ1) is 23.5. The number of carbonyl (C=O) groups is 2. The lowest BCUT2D eigenvalue weighted by Crippen LogP contribution is -2.42. The van der Waals surface area contributed by atoms with Crippen LogP contribution in [-0.2, 0) is 20.7 Å². The summed E-state index contributed by atoms with van der Waals surface area (Å²) in [6.07, 6.45) is -1.37. The first-order valence-corrected chi connectivity index (χ1v) is 17.3. The molecule has 0 fully saturated rings. The molecule has 7 nitrogen and oxygen atoms in total. The van der Waals surface area contributed by atoms with E-state index >= 15 is 0 Å². The van der Waals surface area contributed by atoms with Gasteiger partial charge in [0.05, 0.1) is 10.4 Å². The number of carbonyl (C=O) groups excluding carboxylic acids is 1. The van der Waals surface area contributed by atoms with Gasteiger partial charge < -0.3 is 19.9 Å². The van der Waals surface area contributed by atoms with E-state index in [-0.39, 0.29) is 5.88 Å². The zero-order valence-electron chi connectivity index (χ0n) is 28.2. The van der Waals surface area contributed by atoms with Crippen LogP contribution in [0.15, 0.2) is 133 Å². The number of rotatable bonds is 13. The molecule has 0 spiro atoms. The Labute approximate surface area is 292 Å². The van der Waals surface area contributed by atoms with Crippen molar-refractivity contribution < 1.29 is 24.2 Å². The van der Waals surface area contributed by atoms with Gasteiger partial charge >= 0.3 is 12.1 Å². The molecule has 0 saturated heterocycles. The van der Waals surface area contributed by atoms with Crippen molar-refractivity contribution in [2.24, 2.45) is 0 Å². The number of hydrogen-bond acceptors (Lipinski definition) is 6. The summed E-state index contributed by atoms with van der Waals surface area (Å²) in [6.45, 7) is 6.95. The summed E-state index contributed by atoms with van der Waals surface area (Å²) in [5.41, 5.74) is 4.79. The SMILES string of the molecule is C[C@@H](Oc1nc(-c2ccccc2)ccc1CC(CSC(c1ccccc1)(c1ccccc1)c1ccccc1)NC(=O)OC(C)(C)C)C(=O)O. The Morgan fingerprint density at radius 3 is 1.71 bits per heavy atom. The molecule has 0 radical (unpaired) electrons.